The molecule has 6 heteroatoms. The van der Waals surface area contributed by atoms with E-state index in [1.807, 2.05) is 42.5 Å². The van der Waals surface area contributed by atoms with Crippen LogP contribution in [0.25, 0.3) is 0 Å². The first-order chi connectivity index (χ1) is 14.6. The summed E-state index contributed by atoms with van der Waals surface area (Å²) in [5, 5.41) is 3.00. The molecule has 0 spiro atoms. The van der Waals surface area contributed by atoms with Crippen LogP contribution in [-0.2, 0) is 16.0 Å². The van der Waals surface area contributed by atoms with E-state index in [1.165, 1.54) is 12.8 Å². The summed E-state index contributed by atoms with van der Waals surface area (Å²) in [6.07, 6.45) is 7.65. The van der Waals surface area contributed by atoms with E-state index in [9.17, 15) is 4.79 Å². The topological polar surface area (TPSA) is 56.8 Å². The minimum absolute atomic E-state index is 0.126. The lowest BCUT2D eigenvalue weighted by molar-refractivity contribution is -0.133. The molecule has 2 aromatic rings. The molecular formula is C24H26BrNO4. The summed E-state index contributed by atoms with van der Waals surface area (Å²) in [4.78, 5) is 12.8. The van der Waals surface area contributed by atoms with Crippen LogP contribution in [0.5, 0.6) is 11.5 Å². The minimum atomic E-state index is -0.604. The Labute approximate surface area is 186 Å². The molecule has 30 heavy (non-hydrogen) atoms. The van der Waals surface area contributed by atoms with E-state index in [4.69, 9.17) is 20.6 Å². The lowest BCUT2D eigenvalue weighted by Gasteiger charge is -2.18. The third-order valence-corrected chi connectivity index (χ3v) is 5.39. The van der Waals surface area contributed by atoms with Crippen molar-refractivity contribution in [3.8, 4) is 23.8 Å². The van der Waals surface area contributed by atoms with Crippen molar-refractivity contribution in [1.29, 1.82) is 0 Å². The summed E-state index contributed by atoms with van der Waals surface area (Å²) in [5.41, 5.74) is 1.88. The fourth-order valence-electron chi connectivity index (χ4n) is 3.01. The monoisotopic (exact) mass is 471 g/mol. The Balaban J connectivity index is 1.58. The van der Waals surface area contributed by atoms with Crippen molar-refractivity contribution in [2.75, 3.05) is 26.9 Å². The molecule has 1 unspecified atom stereocenters. The van der Waals surface area contributed by atoms with Gasteiger partial charge in [0, 0.05) is 11.0 Å². The van der Waals surface area contributed by atoms with Crippen LogP contribution in [0.15, 0.2) is 46.9 Å². The normalized spacial score (nSPS) is 13.9. The second-order valence-corrected chi connectivity index (χ2v) is 8.14. The third-order valence-electron chi connectivity index (χ3n) is 4.86. The van der Waals surface area contributed by atoms with E-state index < -0.39 is 6.10 Å². The maximum Gasteiger partial charge on any atom is 0.253 e. The van der Waals surface area contributed by atoms with Crippen molar-refractivity contribution in [1.82, 2.24) is 5.32 Å². The third kappa shape index (κ3) is 6.51. The molecule has 1 aliphatic rings. The molecule has 0 saturated heterocycles. The summed E-state index contributed by atoms with van der Waals surface area (Å²) < 4.78 is 17.8. The van der Waals surface area contributed by atoms with Gasteiger partial charge in [0.05, 0.1) is 13.7 Å². The molecule has 3 rings (SSSR count). The Morgan fingerprint density at radius 2 is 2.00 bits per heavy atom. The minimum Gasteiger partial charge on any atom is -0.493 e. The predicted octanol–water partition coefficient (Wildman–Crippen LogP) is 4.30. The second-order valence-electron chi connectivity index (χ2n) is 7.23. The number of carbonyl (C=O) groups is 1. The number of nitrogens with one attached hydrogen (secondary N) is 1. The average molecular weight is 472 g/mol. The van der Waals surface area contributed by atoms with E-state index in [0.717, 1.165) is 15.6 Å². The number of hydrogen-bond donors (Lipinski definition) is 1. The first kappa shape index (κ1) is 22.2. The lowest BCUT2D eigenvalue weighted by atomic mass is 10.1. The number of ether oxygens (including phenoxy) is 3. The molecular weight excluding hydrogens is 446 g/mol. The number of carbonyl (C=O) groups excluding carboxylic acids is 1. The van der Waals surface area contributed by atoms with Gasteiger partial charge in [-0.15, -0.1) is 6.42 Å². The highest BCUT2D eigenvalue weighted by Crippen LogP contribution is 2.31. The van der Waals surface area contributed by atoms with E-state index in [1.54, 1.807) is 7.11 Å². The standard InChI is InChI=1S/C24H26BrNO4/c1-3-14-29-21-11-6-17(15-22(21)28-2)12-13-26-24(27)23(30-16-18-4-5-18)19-7-9-20(25)10-8-19/h1,6-11,15,18,23H,4-5,12-14,16H2,2H3,(H,26,27). The van der Waals surface area contributed by atoms with E-state index in [0.29, 0.717) is 37.0 Å². The number of rotatable bonds is 11. The summed E-state index contributed by atoms with van der Waals surface area (Å²) in [5.74, 6) is 4.12. The zero-order valence-electron chi connectivity index (χ0n) is 17.0. The number of methoxy groups -OCH3 is 1. The van der Waals surface area contributed by atoms with E-state index >= 15 is 0 Å². The van der Waals surface area contributed by atoms with Gasteiger partial charge in [0.2, 0.25) is 0 Å². The zero-order valence-corrected chi connectivity index (χ0v) is 18.6. The first-order valence-corrected chi connectivity index (χ1v) is 10.8. The lowest BCUT2D eigenvalue weighted by Crippen LogP contribution is -2.32. The maximum absolute atomic E-state index is 12.8. The number of halogens is 1. The van der Waals surface area contributed by atoms with Crippen molar-refractivity contribution >= 4 is 21.8 Å². The predicted molar refractivity (Wildman–Crippen MR) is 120 cm³/mol. The molecule has 1 aliphatic carbocycles. The summed E-state index contributed by atoms with van der Waals surface area (Å²) in [6, 6.07) is 13.3. The largest absolute Gasteiger partial charge is 0.493 e. The van der Waals surface area contributed by atoms with Crippen LogP contribution in [0.2, 0.25) is 0 Å². The van der Waals surface area contributed by atoms with Crippen LogP contribution >= 0.6 is 15.9 Å². The van der Waals surface area contributed by atoms with Crippen molar-refractivity contribution in [2.45, 2.75) is 25.4 Å². The Kier molecular flexibility index (Phi) is 8.18. The van der Waals surface area contributed by atoms with E-state index in [2.05, 4.69) is 27.2 Å². The quantitative estimate of drug-likeness (QED) is 0.496. The van der Waals surface area contributed by atoms with Gasteiger partial charge >= 0.3 is 0 Å². The van der Waals surface area contributed by atoms with Crippen molar-refractivity contribution < 1.29 is 19.0 Å². The first-order valence-electron chi connectivity index (χ1n) is 9.98. The SMILES string of the molecule is C#CCOc1ccc(CCNC(=O)C(OCC2CC2)c2ccc(Br)cc2)cc1OC. The Morgan fingerprint density at radius 3 is 2.67 bits per heavy atom. The summed E-state index contributed by atoms with van der Waals surface area (Å²) in [7, 11) is 1.59. The van der Waals surface area contributed by atoms with Crippen molar-refractivity contribution in [3.05, 3.63) is 58.1 Å². The molecule has 1 amide bonds. The van der Waals surface area contributed by atoms with Gasteiger partial charge < -0.3 is 19.5 Å². The number of terminal acetylenes is 1. The maximum atomic E-state index is 12.8. The Hall–Kier alpha value is -2.49. The van der Waals surface area contributed by atoms with Gasteiger partial charge in [-0.25, -0.2) is 0 Å². The van der Waals surface area contributed by atoms with Crippen molar-refractivity contribution in [3.63, 3.8) is 0 Å². The molecule has 0 bridgehead atoms. The molecule has 2 aromatic carbocycles. The summed E-state index contributed by atoms with van der Waals surface area (Å²) in [6.45, 7) is 1.29. The molecule has 0 heterocycles. The average Bonchev–Trinajstić information content (AvgIpc) is 3.58. The Bertz CT molecular complexity index is 887. The summed E-state index contributed by atoms with van der Waals surface area (Å²) >= 11 is 3.43. The molecule has 158 valence electrons. The molecule has 0 radical (unpaired) electrons. The highest BCUT2D eigenvalue weighted by molar-refractivity contribution is 9.10. The fraction of sp³-hybridized carbons (Fsp3) is 0.375. The van der Waals surface area contributed by atoms with E-state index in [-0.39, 0.29) is 12.5 Å². The molecule has 0 aliphatic heterocycles. The van der Waals surface area contributed by atoms with Gasteiger partial charge in [0.1, 0.15) is 6.61 Å². The van der Waals surface area contributed by atoms with Gasteiger partial charge in [-0.2, -0.15) is 0 Å². The smallest absolute Gasteiger partial charge is 0.253 e. The van der Waals surface area contributed by atoms with Gasteiger partial charge in [-0.3, -0.25) is 4.79 Å². The van der Waals surface area contributed by atoms with Gasteiger partial charge in [-0.05, 0) is 60.6 Å². The highest BCUT2D eigenvalue weighted by Gasteiger charge is 2.27. The van der Waals surface area contributed by atoms with Crippen LogP contribution in [0.1, 0.15) is 30.1 Å². The second kappa shape index (κ2) is 11.1. The Morgan fingerprint density at radius 1 is 1.23 bits per heavy atom. The van der Waals surface area contributed by atoms with Crippen LogP contribution < -0.4 is 14.8 Å². The highest BCUT2D eigenvalue weighted by atomic mass is 79.9. The van der Waals surface area contributed by atoms with Crippen LogP contribution in [0.3, 0.4) is 0 Å². The van der Waals surface area contributed by atoms with Gasteiger partial charge in [-0.1, -0.05) is 40.0 Å². The van der Waals surface area contributed by atoms with Gasteiger partial charge in [0.15, 0.2) is 17.6 Å². The molecule has 0 aromatic heterocycles. The number of hydrogen-bond acceptors (Lipinski definition) is 4. The zero-order chi connectivity index (χ0) is 21.3. The molecule has 1 N–H and O–H groups in total. The molecule has 1 fully saturated rings. The van der Waals surface area contributed by atoms with Crippen LogP contribution in [0.4, 0.5) is 0 Å². The number of amides is 1. The van der Waals surface area contributed by atoms with Crippen LogP contribution in [0, 0.1) is 18.3 Å². The molecule has 1 atom stereocenters. The molecule has 1 saturated carbocycles. The van der Waals surface area contributed by atoms with Crippen LogP contribution in [-0.4, -0.2) is 32.8 Å². The van der Waals surface area contributed by atoms with Crippen molar-refractivity contribution in [2.24, 2.45) is 5.92 Å². The van der Waals surface area contributed by atoms with Gasteiger partial charge in [0.25, 0.3) is 5.91 Å². The molecule has 5 nitrogen and oxygen atoms in total. The fourth-order valence-corrected chi connectivity index (χ4v) is 3.27. The number of benzene rings is 2.